The molecule has 2 nitrogen and oxygen atoms in total. The maximum absolute atomic E-state index is 5.59. The lowest BCUT2D eigenvalue weighted by atomic mass is 10.0. The van der Waals surface area contributed by atoms with Gasteiger partial charge in [-0.15, -0.1) is 0 Å². The van der Waals surface area contributed by atoms with Crippen molar-refractivity contribution in [2.75, 3.05) is 6.61 Å². The molecule has 0 bridgehead atoms. The largest absolute Gasteiger partial charge is 0.370 e. The fourth-order valence-electron chi connectivity index (χ4n) is 1.17. The van der Waals surface area contributed by atoms with Crippen molar-refractivity contribution in [1.82, 2.24) is 4.98 Å². The van der Waals surface area contributed by atoms with Crippen molar-refractivity contribution in [3.8, 4) is 0 Å². The third-order valence-electron chi connectivity index (χ3n) is 1.85. The Hall–Kier alpha value is -0.160. The zero-order chi connectivity index (χ0) is 9.90. The molecule has 0 radical (unpaired) electrons. The monoisotopic (exact) mass is 291 g/mol. The molecule has 13 heavy (non-hydrogen) atoms. The lowest BCUT2D eigenvalue weighted by Crippen LogP contribution is -2.22. The van der Waals surface area contributed by atoms with Crippen LogP contribution >= 0.6 is 22.6 Å². The van der Waals surface area contributed by atoms with Gasteiger partial charge < -0.3 is 4.74 Å². The van der Waals surface area contributed by atoms with E-state index in [2.05, 4.69) is 27.6 Å². The van der Waals surface area contributed by atoms with Crippen molar-refractivity contribution in [3.05, 3.63) is 27.6 Å². The summed E-state index contributed by atoms with van der Waals surface area (Å²) in [5.41, 5.74) is 0.703. The molecule has 0 unspecified atom stereocenters. The Morgan fingerprint density at radius 1 is 1.46 bits per heavy atom. The van der Waals surface area contributed by atoms with Crippen molar-refractivity contribution in [2.24, 2.45) is 0 Å². The summed E-state index contributed by atoms with van der Waals surface area (Å²) in [4.78, 5) is 4.34. The molecule has 1 aromatic heterocycles. The molecule has 1 aromatic rings. The van der Waals surface area contributed by atoms with Crippen LogP contribution in [0.5, 0.6) is 0 Å². The number of ether oxygens (including phenoxy) is 1. The Morgan fingerprint density at radius 2 is 2.15 bits per heavy atom. The molecule has 0 atom stereocenters. The highest BCUT2D eigenvalue weighted by atomic mass is 127. The molecule has 0 spiro atoms. The van der Waals surface area contributed by atoms with Gasteiger partial charge >= 0.3 is 0 Å². The maximum atomic E-state index is 5.59. The summed E-state index contributed by atoms with van der Waals surface area (Å²) >= 11 is 2.24. The van der Waals surface area contributed by atoms with E-state index in [0.29, 0.717) is 6.61 Å². The predicted molar refractivity (Wildman–Crippen MR) is 61.6 cm³/mol. The Balaban J connectivity index is 2.87. The van der Waals surface area contributed by atoms with Gasteiger partial charge in [0, 0.05) is 16.4 Å². The van der Waals surface area contributed by atoms with Crippen LogP contribution in [-0.4, -0.2) is 11.6 Å². The summed E-state index contributed by atoms with van der Waals surface area (Å²) in [5, 5.41) is 0. The minimum Gasteiger partial charge on any atom is -0.370 e. The van der Waals surface area contributed by atoms with Gasteiger partial charge in [-0.05, 0) is 55.5 Å². The normalized spacial score (nSPS) is 11.7. The first-order chi connectivity index (χ1) is 6.06. The Labute approximate surface area is 92.9 Å². The summed E-state index contributed by atoms with van der Waals surface area (Å²) in [6.45, 7) is 6.77. The van der Waals surface area contributed by atoms with Crippen LogP contribution in [0, 0.1) is 3.57 Å². The van der Waals surface area contributed by atoms with E-state index in [-0.39, 0.29) is 5.60 Å². The highest BCUT2D eigenvalue weighted by Crippen LogP contribution is 2.22. The highest BCUT2D eigenvalue weighted by Gasteiger charge is 2.21. The number of pyridine rings is 1. The first-order valence-corrected chi connectivity index (χ1v) is 5.40. The van der Waals surface area contributed by atoms with E-state index in [1.165, 1.54) is 0 Å². The average Bonchev–Trinajstić information content (AvgIpc) is 2.05. The second-order valence-corrected chi connectivity index (χ2v) is 4.55. The van der Waals surface area contributed by atoms with Crippen molar-refractivity contribution in [3.63, 3.8) is 0 Å². The number of rotatable bonds is 3. The van der Waals surface area contributed by atoms with Crippen molar-refractivity contribution in [2.45, 2.75) is 26.4 Å². The molecule has 72 valence electrons. The van der Waals surface area contributed by atoms with Crippen LogP contribution in [0.4, 0.5) is 0 Å². The average molecular weight is 291 g/mol. The topological polar surface area (TPSA) is 22.1 Å². The molecule has 3 heteroatoms. The quantitative estimate of drug-likeness (QED) is 0.799. The highest BCUT2D eigenvalue weighted by molar-refractivity contribution is 14.1. The summed E-state index contributed by atoms with van der Waals surface area (Å²) in [7, 11) is 0. The Kier molecular flexibility index (Phi) is 3.67. The van der Waals surface area contributed by atoms with Gasteiger partial charge in [0.05, 0.1) is 5.69 Å². The Morgan fingerprint density at radius 3 is 2.62 bits per heavy atom. The number of hydrogen-bond acceptors (Lipinski definition) is 2. The van der Waals surface area contributed by atoms with Gasteiger partial charge in [0.25, 0.3) is 0 Å². The summed E-state index contributed by atoms with van der Waals surface area (Å²) < 4.78 is 6.74. The Bertz CT molecular complexity index is 269. The number of hydrogen-bond donors (Lipinski definition) is 0. The number of nitrogens with zero attached hydrogens (tertiary/aromatic N) is 1. The zero-order valence-electron chi connectivity index (χ0n) is 8.17. The fraction of sp³-hybridized carbons (Fsp3) is 0.500. The van der Waals surface area contributed by atoms with Crippen molar-refractivity contribution < 1.29 is 4.74 Å². The SMILES string of the molecule is CCOC(C)(C)c1ccc(I)cn1. The third kappa shape index (κ3) is 2.91. The molecule has 0 N–H and O–H groups in total. The van der Waals surface area contributed by atoms with Crippen LogP contribution in [-0.2, 0) is 10.3 Å². The molecule has 1 rings (SSSR count). The molecular formula is C10H14INO. The van der Waals surface area contributed by atoms with Gasteiger partial charge in [0.1, 0.15) is 5.60 Å². The van der Waals surface area contributed by atoms with Crippen molar-refractivity contribution >= 4 is 22.6 Å². The molecule has 0 aliphatic carbocycles. The lowest BCUT2D eigenvalue weighted by molar-refractivity contribution is -0.0173. The van der Waals surface area contributed by atoms with Crippen LogP contribution in [0.25, 0.3) is 0 Å². The van der Waals surface area contributed by atoms with E-state index < -0.39 is 0 Å². The molecule has 0 aromatic carbocycles. The van der Waals surface area contributed by atoms with E-state index in [1.807, 2.05) is 39.1 Å². The van der Waals surface area contributed by atoms with Crippen LogP contribution in [0.1, 0.15) is 26.5 Å². The van der Waals surface area contributed by atoms with Crippen molar-refractivity contribution in [1.29, 1.82) is 0 Å². The molecule has 0 aliphatic rings. The van der Waals surface area contributed by atoms with Crippen LogP contribution in [0.15, 0.2) is 18.3 Å². The number of aromatic nitrogens is 1. The van der Waals surface area contributed by atoms with Gasteiger partial charge in [-0.3, -0.25) is 4.98 Å². The standard InChI is InChI=1S/C10H14INO/c1-4-13-10(2,3)9-6-5-8(11)7-12-9/h5-7H,4H2,1-3H3. The maximum Gasteiger partial charge on any atom is 0.104 e. The molecule has 0 aliphatic heterocycles. The van der Waals surface area contributed by atoms with Gasteiger partial charge in [-0.1, -0.05) is 0 Å². The van der Waals surface area contributed by atoms with E-state index in [0.717, 1.165) is 9.26 Å². The van der Waals surface area contributed by atoms with Crippen LogP contribution in [0.2, 0.25) is 0 Å². The minimum absolute atomic E-state index is 0.279. The molecular weight excluding hydrogens is 277 g/mol. The van der Waals surface area contributed by atoms with E-state index in [1.54, 1.807) is 0 Å². The third-order valence-corrected chi connectivity index (χ3v) is 2.49. The lowest BCUT2D eigenvalue weighted by Gasteiger charge is -2.23. The van der Waals surface area contributed by atoms with Gasteiger partial charge in [-0.2, -0.15) is 0 Å². The van der Waals surface area contributed by atoms with Crippen LogP contribution in [0.3, 0.4) is 0 Å². The van der Waals surface area contributed by atoms with Gasteiger partial charge in [0.15, 0.2) is 0 Å². The zero-order valence-corrected chi connectivity index (χ0v) is 10.3. The number of halogens is 1. The molecule has 0 saturated carbocycles. The second-order valence-electron chi connectivity index (χ2n) is 3.30. The minimum atomic E-state index is -0.279. The van der Waals surface area contributed by atoms with E-state index in [9.17, 15) is 0 Å². The first-order valence-electron chi connectivity index (χ1n) is 4.32. The van der Waals surface area contributed by atoms with Gasteiger partial charge in [0.2, 0.25) is 0 Å². The molecule has 0 saturated heterocycles. The summed E-state index contributed by atoms with van der Waals surface area (Å²) in [6, 6.07) is 4.06. The summed E-state index contributed by atoms with van der Waals surface area (Å²) in [5.74, 6) is 0. The van der Waals surface area contributed by atoms with E-state index in [4.69, 9.17) is 4.74 Å². The summed E-state index contributed by atoms with van der Waals surface area (Å²) in [6.07, 6.45) is 1.86. The molecule has 0 amide bonds. The fourth-order valence-corrected chi connectivity index (χ4v) is 1.49. The molecule has 0 fully saturated rings. The van der Waals surface area contributed by atoms with E-state index >= 15 is 0 Å². The smallest absolute Gasteiger partial charge is 0.104 e. The molecule has 1 heterocycles. The van der Waals surface area contributed by atoms with Gasteiger partial charge in [-0.25, -0.2) is 0 Å². The first kappa shape index (κ1) is 10.9. The second kappa shape index (κ2) is 4.37. The van der Waals surface area contributed by atoms with Crippen LogP contribution < -0.4 is 0 Å². The predicted octanol–water partition coefficient (Wildman–Crippen LogP) is 2.96.